The number of nitrogens with one attached hydrogen (secondary N) is 2. The average Bonchev–Trinajstić information content (AvgIpc) is 2.26. The Bertz CT molecular complexity index is 371. The summed E-state index contributed by atoms with van der Waals surface area (Å²) in [4.78, 5) is 13.7. The summed E-state index contributed by atoms with van der Waals surface area (Å²) in [5.41, 5.74) is 0.811. The van der Waals surface area contributed by atoms with Crippen LogP contribution < -0.4 is 10.6 Å². The molecule has 0 fully saturated rings. The van der Waals surface area contributed by atoms with E-state index in [0.717, 1.165) is 23.2 Å². The molecule has 0 unspecified atom stereocenters. The molecule has 0 aliphatic heterocycles. The molecule has 0 aliphatic carbocycles. The lowest BCUT2D eigenvalue weighted by molar-refractivity contribution is -0.117. The Morgan fingerprint density at radius 2 is 2.24 bits per heavy atom. The summed E-state index contributed by atoms with van der Waals surface area (Å²) in [5.74, 6) is 0.00158. The van der Waals surface area contributed by atoms with Crippen molar-refractivity contribution in [2.45, 2.75) is 0 Å². The largest absolute Gasteiger partial charge is 0.325 e. The first kappa shape index (κ1) is 14.2. The molecule has 0 aliphatic rings. The van der Waals surface area contributed by atoms with Gasteiger partial charge in [-0.3, -0.25) is 9.69 Å². The van der Waals surface area contributed by atoms with Crippen LogP contribution in [0.4, 0.5) is 5.69 Å². The van der Waals surface area contributed by atoms with E-state index in [-0.39, 0.29) is 5.91 Å². The van der Waals surface area contributed by atoms with Crippen LogP contribution in [-0.4, -0.2) is 44.5 Å². The van der Waals surface area contributed by atoms with Gasteiger partial charge in [0.2, 0.25) is 5.91 Å². The number of likely N-dealkylation sites (N-methyl/N-ethyl adjacent to an activating group) is 2. The highest BCUT2D eigenvalue weighted by Gasteiger charge is 2.06. The van der Waals surface area contributed by atoms with Crippen LogP contribution in [0.25, 0.3) is 0 Å². The number of rotatable bonds is 6. The van der Waals surface area contributed by atoms with E-state index in [1.165, 1.54) is 0 Å². The zero-order chi connectivity index (χ0) is 12.7. The first-order valence-electron chi connectivity index (χ1n) is 5.50. The number of hydrogen-bond donors (Lipinski definition) is 2. The quantitative estimate of drug-likeness (QED) is 0.837. The zero-order valence-corrected chi connectivity index (χ0v) is 11.8. The van der Waals surface area contributed by atoms with Crippen molar-refractivity contribution in [1.29, 1.82) is 0 Å². The monoisotopic (exact) mass is 299 g/mol. The second-order valence-corrected chi connectivity index (χ2v) is 4.82. The van der Waals surface area contributed by atoms with E-state index in [0.29, 0.717) is 6.54 Å². The molecule has 0 bridgehead atoms. The van der Waals surface area contributed by atoms with Crippen LogP contribution in [0.1, 0.15) is 0 Å². The smallest absolute Gasteiger partial charge is 0.238 e. The van der Waals surface area contributed by atoms with Crippen LogP contribution in [0.2, 0.25) is 0 Å². The molecule has 1 aromatic rings. The number of anilines is 1. The molecule has 0 heterocycles. The molecule has 4 nitrogen and oxygen atoms in total. The van der Waals surface area contributed by atoms with E-state index >= 15 is 0 Å². The minimum Gasteiger partial charge on any atom is -0.325 e. The van der Waals surface area contributed by atoms with E-state index in [4.69, 9.17) is 0 Å². The van der Waals surface area contributed by atoms with Crippen molar-refractivity contribution in [2.75, 3.05) is 39.0 Å². The minimum absolute atomic E-state index is 0.00158. The minimum atomic E-state index is 0.00158. The van der Waals surface area contributed by atoms with Crippen molar-refractivity contribution in [3.63, 3.8) is 0 Å². The molecule has 17 heavy (non-hydrogen) atoms. The third-order valence-electron chi connectivity index (χ3n) is 2.27. The van der Waals surface area contributed by atoms with Crippen LogP contribution >= 0.6 is 15.9 Å². The van der Waals surface area contributed by atoms with E-state index in [1.807, 2.05) is 43.3 Å². The molecule has 0 atom stereocenters. The summed E-state index contributed by atoms with van der Waals surface area (Å²) in [7, 11) is 3.83. The van der Waals surface area contributed by atoms with Gasteiger partial charge in [-0.25, -0.2) is 0 Å². The van der Waals surface area contributed by atoms with E-state index in [1.54, 1.807) is 0 Å². The molecule has 0 saturated carbocycles. The Kier molecular flexibility index (Phi) is 6.18. The van der Waals surface area contributed by atoms with Crippen molar-refractivity contribution in [1.82, 2.24) is 10.2 Å². The van der Waals surface area contributed by atoms with Gasteiger partial charge in [0, 0.05) is 23.2 Å². The fourth-order valence-electron chi connectivity index (χ4n) is 1.39. The summed E-state index contributed by atoms with van der Waals surface area (Å²) in [6, 6.07) is 7.57. The molecule has 5 heteroatoms. The van der Waals surface area contributed by atoms with E-state index in [9.17, 15) is 4.79 Å². The topological polar surface area (TPSA) is 44.4 Å². The molecule has 1 aromatic carbocycles. The van der Waals surface area contributed by atoms with Crippen molar-refractivity contribution in [3.05, 3.63) is 28.7 Å². The lowest BCUT2D eigenvalue weighted by Crippen LogP contribution is -2.34. The highest BCUT2D eigenvalue weighted by atomic mass is 79.9. The average molecular weight is 300 g/mol. The first-order valence-corrected chi connectivity index (χ1v) is 6.29. The van der Waals surface area contributed by atoms with Gasteiger partial charge in [0.05, 0.1) is 6.54 Å². The summed E-state index contributed by atoms with van der Waals surface area (Å²) in [5, 5.41) is 5.91. The number of carbonyl (C=O) groups excluding carboxylic acids is 1. The van der Waals surface area contributed by atoms with Gasteiger partial charge < -0.3 is 10.6 Å². The Labute approximate surface area is 111 Å². The molecule has 1 amide bonds. The molecule has 94 valence electrons. The molecule has 0 saturated heterocycles. The first-order chi connectivity index (χ1) is 8.11. The molecule has 0 radical (unpaired) electrons. The van der Waals surface area contributed by atoms with Crippen LogP contribution in [0.5, 0.6) is 0 Å². The van der Waals surface area contributed by atoms with Crippen LogP contribution in [0, 0.1) is 0 Å². The summed E-state index contributed by atoms with van der Waals surface area (Å²) >= 11 is 3.37. The summed E-state index contributed by atoms with van der Waals surface area (Å²) < 4.78 is 0.957. The van der Waals surface area contributed by atoms with Crippen LogP contribution in [-0.2, 0) is 4.79 Å². The van der Waals surface area contributed by atoms with Crippen molar-refractivity contribution in [2.24, 2.45) is 0 Å². The van der Waals surface area contributed by atoms with E-state index in [2.05, 4.69) is 26.6 Å². The standard InChI is InChI=1S/C12H18BrN3O/c1-14-6-7-16(2)9-12(17)15-11-5-3-4-10(13)8-11/h3-5,8,14H,6-7,9H2,1-2H3,(H,15,17). The van der Waals surface area contributed by atoms with Gasteiger partial charge in [0.25, 0.3) is 0 Å². The Hall–Kier alpha value is -0.910. The number of amides is 1. The third-order valence-corrected chi connectivity index (χ3v) is 2.76. The third kappa shape index (κ3) is 5.81. The molecule has 1 rings (SSSR count). The Balaban J connectivity index is 2.39. The maximum absolute atomic E-state index is 11.7. The number of benzene rings is 1. The van der Waals surface area contributed by atoms with Crippen LogP contribution in [0.15, 0.2) is 28.7 Å². The predicted molar refractivity (Wildman–Crippen MR) is 74.2 cm³/mol. The maximum Gasteiger partial charge on any atom is 0.238 e. The fraction of sp³-hybridized carbons (Fsp3) is 0.417. The Morgan fingerprint density at radius 1 is 1.47 bits per heavy atom. The lowest BCUT2D eigenvalue weighted by Gasteiger charge is -2.15. The summed E-state index contributed by atoms with van der Waals surface area (Å²) in [6.07, 6.45) is 0. The SMILES string of the molecule is CNCCN(C)CC(=O)Nc1cccc(Br)c1. The van der Waals surface area contributed by atoms with Gasteiger partial charge in [-0.1, -0.05) is 22.0 Å². The van der Waals surface area contributed by atoms with Gasteiger partial charge in [-0.05, 0) is 32.3 Å². The lowest BCUT2D eigenvalue weighted by atomic mass is 10.3. The van der Waals surface area contributed by atoms with Gasteiger partial charge in [-0.15, -0.1) is 0 Å². The molecule has 0 aromatic heterocycles. The number of halogens is 1. The molecule has 2 N–H and O–H groups in total. The molecule has 0 spiro atoms. The van der Waals surface area contributed by atoms with Gasteiger partial charge in [0.15, 0.2) is 0 Å². The molecular formula is C12H18BrN3O. The second kappa shape index (κ2) is 7.42. The molecular weight excluding hydrogens is 282 g/mol. The van der Waals surface area contributed by atoms with Gasteiger partial charge in [0.1, 0.15) is 0 Å². The van der Waals surface area contributed by atoms with Crippen molar-refractivity contribution in [3.8, 4) is 0 Å². The maximum atomic E-state index is 11.7. The number of carbonyl (C=O) groups is 1. The predicted octanol–water partition coefficient (Wildman–Crippen LogP) is 1.54. The van der Waals surface area contributed by atoms with Gasteiger partial charge in [-0.2, -0.15) is 0 Å². The normalized spacial score (nSPS) is 10.6. The van der Waals surface area contributed by atoms with E-state index < -0.39 is 0 Å². The van der Waals surface area contributed by atoms with Gasteiger partial charge >= 0.3 is 0 Å². The highest BCUT2D eigenvalue weighted by molar-refractivity contribution is 9.10. The highest BCUT2D eigenvalue weighted by Crippen LogP contribution is 2.15. The van der Waals surface area contributed by atoms with Crippen LogP contribution in [0.3, 0.4) is 0 Å². The second-order valence-electron chi connectivity index (χ2n) is 3.90. The Morgan fingerprint density at radius 3 is 2.88 bits per heavy atom. The fourth-order valence-corrected chi connectivity index (χ4v) is 1.79. The number of nitrogens with zero attached hydrogens (tertiary/aromatic N) is 1. The summed E-state index contributed by atoms with van der Waals surface area (Å²) in [6.45, 7) is 2.12. The van der Waals surface area contributed by atoms with Crippen molar-refractivity contribution < 1.29 is 4.79 Å². The number of hydrogen-bond acceptors (Lipinski definition) is 3. The zero-order valence-electron chi connectivity index (χ0n) is 10.2. The van der Waals surface area contributed by atoms with Crippen molar-refractivity contribution >= 4 is 27.5 Å².